The second-order valence-electron chi connectivity index (χ2n) is 3.82. The number of nitrogens with zero attached hydrogens (tertiary/aromatic N) is 1. The van der Waals surface area contributed by atoms with E-state index in [1.807, 2.05) is 0 Å². The van der Waals surface area contributed by atoms with Gasteiger partial charge in [0, 0.05) is 13.1 Å². The SMILES string of the molecule is CCCN(S)Cc1ccc(C)cc1C. The molecule has 0 aliphatic heterocycles. The summed E-state index contributed by atoms with van der Waals surface area (Å²) >= 11 is 4.43. The van der Waals surface area contributed by atoms with Crippen molar-refractivity contribution in [2.75, 3.05) is 6.54 Å². The van der Waals surface area contributed by atoms with Crippen LogP contribution in [0.4, 0.5) is 0 Å². The minimum absolute atomic E-state index is 0.934. The minimum atomic E-state index is 0.934. The molecule has 1 rings (SSSR count). The Morgan fingerprint density at radius 3 is 2.57 bits per heavy atom. The van der Waals surface area contributed by atoms with Crippen molar-refractivity contribution in [2.24, 2.45) is 0 Å². The van der Waals surface area contributed by atoms with E-state index in [1.54, 1.807) is 0 Å². The Kier molecular flexibility index (Phi) is 4.49. The summed E-state index contributed by atoms with van der Waals surface area (Å²) in [6.45, 7) is 8.43. The summed E-state index contributed by atoms with van der Waals surface area (Å²) < 4.78 is 2.07. The second kappa shape index (κ2) is 5.42. The van der Waals surface area contributed by atoms with Crippen molar-refractivity contribution in [3.8, 4) is 0 Å². The zero-order chi connectivity index (χ0) is 10.6. The largest absolute Gasteiger partial charge is 0.249 e. The van der Waals surface area contributed by atoms with E-state index >= 15 is 0 Å². The number of thiol groups is 1. The summed E-state index contributed by atoms with van der Waals surface area (Å²) in [6.07, 6.45) is 1.15. The lowest BCUT2D eigenvalue weighted by atomic mass is 10.1. The highest BCUT2D eigenvalue weighted by atomic mass is 32.1. The molecular formula is C12H19NS. The molecule has 0 bridgehead atoms. The van der Waals surface area contributed by atoms with Gasteiger partial charge < -0.3 is 0 Å². The molecule has 0 unspecified atom stereocenters. The van der Waals surface area contributed by atoms with E-state index in [2.05, 4.69) is 56.1 Å². The van der Waals surface area contributed by atoms with Crippen LogP contribution >= 0.6 is 12.8 Å². The van der Waals surface area contributed by atoms with Crippen molar-refractivity contribution < 1.29 is 0 Å². The lowest BCUT2D eigenvalue weighted by Crippen LogP contribution is -2.13. The summed E-state index contributed by atoms with van der Waals surface area (Å²) in [4.78, 5) is 0. The molecule has 1 aromatic rings. The Balaban J connectivity index is 2.67. The van der Waals surface area contributed by atoms with Crippen molar-refractivity contribution in [3.63, 3.8) is 0 Å². The van der Waals surface area contributed by atoms with Gasteiger partial charge in [-0.15, -0.1) is 0 Å². The van der Waals surface area contributed by atoms with Gasteiger partial charge in [0.25, 0.3) is 0 Å². The Morgan fingerprint density at radius 1 is 1.29 bits per heavy atom. The van der Waals surface area contributed by atoms with Crippen molar-refractivity contribution in [3.05, 3.63) is 34.9 Å². The molecule has 0 aliphatic rings. The summed E-state index contributed by atoms with van der Waals surface area (Å²) in [5.74, 6) is 0. The normalized spacial score (nSPS) is 10.9. The number of benzene rings is 1. The summed E-state index contributed by atoms with van der Waals surface area (Å²) in [7, 11) is 0. The molecule has 0 N–H and O–H groups in total. The Labute approximate surface area is 92.7 Å². The van der Waals surface area contributed by atoms with Gasteiger partial charge in [0.15, 0.2) is 0 Å². The van der Waals surface area contributed by atoms with Gasteiger partial charge in [0.05, 0.1) is 0 Å². The molecule has 14 heavy (non-hydrogen) atoms. The number of aryl methyl sites for hydroxylation is 2. The summed E-state index contributed by atoms with van der Waals surface area (Å²) in [5.41, 5.74) is 4.06. The van der Waals surface area contributed by atoms with E-state index in [4.69, 9.17) is 0 Å². The van der Waals surface area contributed by atoms with Crippen LogP contribution < -0.4 is 0 Å². The molecule has 2 heteroatoms. The fraction of sp³-hybridized carbons (Fsp3) is 0.500. The molecule has 0 saturated carbocycles. The smallest absolute Gasteiger partial charge is 0.0340 e. The maximum Gasteiger partial charge on any atom is 0.0340 e. The standard InChI is InChI=1S/C12H19NS/c1-4-7-13(14)9-12-6-5-10(2)8-11(12)3/h5-6,8,14H,4,7,9H2,1-3H3. The van der Waals surface area contributed by atoms with Crippen molar-refractivity contribution in [1.29, 1.82) is 0 Å². The summed E-state index contributed by atoms with van der Waals surface area (Å²) in [6, 6.07) is 6.59. The van der Waals surface area contributed by atoms with Crippen LogP contribution in [0.15, 0.2) is 18.2 Å². The lowest BCUT2D eigenvalue weighted by Gasteiger charge is -2.15. The van der Waals surface area contributed by atoms with Crippen molar-refractivity contribution >= 4 is 12.8 Å². The zero-order valence-corrected chi connectivity index (χ0v) is 10.1. The first kappa shape index (κ1) is 11.6. The number of hydrogen-bond donors (Lipinski definition) is 1. The van der Waals surface area contributed by atoms with Gasteiger partial charge in [0.1, 0.15) is 0 Å². The molecule has 0 aromatic heterocycles. The molecule has 0 fully saturated rings. The predicted molar refractivity (Wildman–Crippen MR) is 65.6 cm³/mol. The van der Waals surface area contributed by atoms with E-state index in [9.17, 15) is 0 Å². The third-order valence-electron chi connectivity index (χ3n) is 2.33. The zero-order valence-electron chi connectivity index (χ0n) is 9.25. The van der Waals surface area contributed by atoms with Gasteiger partial charge in [-0.3, -0.25) is 0 Å². The molecule has 0 aliphatic carbocycles. The molecule has 0 spiro atoms. The van der Waals surface area contributed by atoms with Crippen LogP contribution in [0, 0.1) is 13.8 Å². The molecule has 1 nitrogen and oxygen atoms in total. The maximum atomic E-state index is 4.43. The van der Waals surface area contributed by atoms with Gasteiger partial charge in [-0.05, 0) is 31.4 Å². The van der Waals surface area contributed by atoms with Crippen LogP contribution in [0.2, 0.25) is 0 Å². The molecule has 0 saturated heterocycles. The molecule has 1 aromatic carbocycles. The topological polar surface area (TPSA) is 3.24 Å². The van der Waals surface area contributed by atoms with E-state index in [0.717, 1.165) is 19.5 Å². The molecule has 0 radical (unpaired) electrons. The van der Waals surface area contributed by atoms with E-state index in [-0.39, 0.29) is 0 Å². The second-order valence-corrected chi connectivity index (χ2v) is 4.38. The average molecular weight is 209 g/mol. The van der Waals surface area contributed by atoms with Crippen molar-refractivity contribution in [1.82, 2.24) is 4.31 Å². The van der Waals surface area contributed by atoms with Gasteiger partial charge in [-0.1, -0.05) is 43.5 Å². The fourth-order valence-electron chi connectivity index (χ4n) is 1.56. The van der Waals surface area contributed by atoms with Gasteiger partial charge in [-0.25, -0.2) is 4.31 Å². The third kappa shape index (κ3) is 3.35. The Morgan fingerprint density at radius 2 is 2.00 bits per heavy atom. The Bertz CT molecular complexity index is 296. The first-order valence-corrected chi connectivity index (χ1v) is 5.53. The fourth-order valence-corrected chi connectivity index (χ4v) is 1.91. The first-order valence-electron chi connectivity index (χ1n) is 5.13. The minimum Gasteiger partial charge on any atom is -0.249 e. The molecular weight excluding hydrogens is 190 g/mol. The van der Waals surface area contributed by atoms with Crippen LogP contribution in [-0.4, -0.2) is 10.8 Å². The van der Waals surface area contributed by atoms with Gasteiger partial charge in [0.2, 0.25) is 0 Å². The van der Waals surface area contributed by atoms with Crippen LogP contribution in [-0.2, 0) is 6.54 Å². The third-order valence-corrected chi connectivity index (χ3v) is 2.67. The van der Waals surface area contributed by atoms with Gasteiger partial charge >= 0.3 is 0 Å². The highest BCUT2D eigenvalue weighted by molar-refractivity contribution is 7.77. The number of rotatable bonds is 4. The van der Waals surface area contributed by atoms with Crippen molar-refractivity contribution in [2.45, 2.75) is 33.7 Å². The van der Waals surface area contributed by atoms with E-state index in [0.29, 0.717) is 0 Å². The van der Waals surface area contributed by atoms with Crippen LogP contribution in [0.3, 0.4) is 0 Å². The highest BCUT2D eigenvalue weighted by Gasteiger charge is 2.02. The monoisotopic (exact) mass is 209 g/mol. The average Bonchev–Trinajstić information content (AvgIpc) is 2.10. The number of hydrogen-bond acceptors (Lipinski definition) is 2. The molecule has 0 heterocycles. The maximum absolute atomic E-state index is 4.43. The van der Waals surface area contributed by atoms with Crippen LogP contribution in [0.5, 0.6) is 0 Å². The molecule has 0 atom stereocenters. The van der Waals surface area contributed by atoms with Gasteiger partial charge in [-0.2, -0.15) is 0 Å². The molecule has 78 valence electrons. The predicted octanol–water partition coefficient (Wildman–Crippen LogP) is 3.36. The lowest BCUT2D eigenvalue weighted by molar-refractivity contribution is 0.470. The summed E-state index contributed by atoms with van der Waals surface area (Å²) in [5, 5.41) is 0. The van der Waals surface area contributed by atoms with Crippen LogP contribution in [0.1, 0.15) is 30.0 Å². The Hall–Kier alpha value is -0.470. The molecule has 0 amide bonds. The first-order chi connectivity index (χ1) is 6.63. The van der Waals surface area contributed by atoms with E-state index < -0.39 is 0 Å². The van der Waals surface area contributed by atoms with Crippen LogP contribution in [0.25, 0.3) is 0 Å². The quantitative estimate of drug-likeness (QED) is 0.744. The van der Waals surface area contributed by atoms with E-state index in [1.165, 1.54) is 16.7 Å². The highest BCUT2D eigenvalue weighted by Crippen LogP contribution is 2.14.